The van der Waals surface area contributed by atoms with Gasteiger partial charge in [-0.2, -0.15) is 0 Å². The van der Waals surface area contributed by atoms with E-state index in [9.17, 15) is 0 Å². The topological polar surface area (TPSA) is 18.5 Å². The van der Waals surface area contributed by atoms with Crippen molar-refractivity contribution in [3.8, 4) is 0 Å². The molecule has 3 aliphatic rings. The monoisotopic (exact) mass is 1030 g/mol. The third-order valence-electron chi connectivity index (χ3n) is 18.0. The predicted molar refractivity (Wildman–Crippen MR) is 338 cm³/mol. The molecule has 0 amide bonds. The van der Waals surface area contributed by atoms with Crippen LogP contribution >= 0.6 is 0 Å². The van der Waals surface area contributed by atoms with E-state index in [1.165, 1.54) is 79.7 Å². The number of rotatable bonds is 29. The number of allylic oxidation sites excluding steroid dienone is 27. The van der Waals surface area contributed by atoms with Crippen molar-refractivity contribution in [3.05, 3.63) is 190 Å². The van der Waals surface area contributed by atoms with E-state index in [0.717, 1.165) is 77.0 Å². The molecule has 1 spiro atoms. The van der Waals surface area contributed by atoms with Crippen LogP contribution in [-0.4, -0.2) is 17.5 Å². The fourth-order valence-electron chi connectivity index (χ4n) is 11.0. The molecule has 8 unspecified atom stereocenters. The van der Waals surface area contributed by atoms with Crippen LogP contribution in [0.15, 0.2) is 190 Å². The quantitative estimate of drug-likeness (QED) is 0.0549. The molecule has 2 heteroatoms. The second-order valence-corrected chi connectivity index (χ2v) is 26.0. The van der Waals surface area contributed by atoms with Gasteiger partial charge < -0.3 is 9.47 Å². The maximum Gasteiger partial charge on any atom is 0.192 e. The first-order valence-corrected chi connectivity index (χ1v) is 29.7. The maximum atomic E-state index is 7.47. The van der Waals surface area contributed by atoms with Gasteiger partial charge in [0.2, 0.25) is 0 Å². The predicted octanol–water partition coefficient (Wildman–Crippen LogP) is 22.6. The molecule has 76 heavy (non-hydrogen) atoms. The van der Waals surface area contributed by atoms with Gasteiger partial charge in [0.05, 0.1) is 11.7 Å². The molecule has 0 bridgehead atoms. The van der Waals surface area contributed by atoms with Crippen LogP contribution in [0.3, 0.4) is 0 Å². The van der Waals surface area contributed by atoms with Crippen molar-refractivity contribution in [2.45, 2.75) is 232 Å². The summed E-state index contributed by atoms with van der Waals surface area (Å²) in [5.74, 6) is 1.74. The Bertz CT molecular complexity index is 2370. The molecule has 0 N–H and O–H groups in total. The summed E-state index contributed by atoms with van der Waals surface area (Å²) in [6.45, 7) is 58.4. The molecule has 8 atom stereocenters. The first-order valence-electron chi connectivity index (χ1n) is 29.7. The van der Waals surface area contributed by atoms with Crippen LogP contribution in [0, 0.1) is 40.4 Å². The van der Waals surface area contributed by atoms with E-state index >= 15 is 0 Å². The number of hydrogen-bond donors (Lipinski definition) is 0. The molecule has 1 heterocycles. The van der Waals surface area contributed by atoms with E-state index in [-0.39, 0.29) is 11.5 Å². The van der Waals surface area contributed by atoms with Gasteiger partial charge in [-0.3, -0.25) is 0 Å². The molecule has 1 fully saturated rings. The van der Waals surface area contributed by atoms with Crippen molar-refractivity contribution < 1.29 is 9.47 Å². The summed E-state index contributed by atoms with van der Waals surface area (Å²) < 4.78 is 14.9. The zero-order valence-electron chi connectivity index (χ0n) is 52.2. The molecule has 0 radical (unpaired) electrons. The van der Waals surface area contributed by atoms with E-state index < -0.39 is 11.4 Å². The van der Waals surface area contributed by atoms with E-state index in [0.29, 0.717) is 35.0 Å². The lowest BCUT2D eigenvalue weighted by molar-refractivity contribution is -0.174. The van der Waals surface area contributed by atoms with Crippen LogP contribution in [0.2, 0.25) is 0 Å². The lowest BCUT2D eigenvalue weighted by Gasteiger charge is -2.43. The van der Waals surface area contributed by atoms with E-state index in [4.69, 9.17) is 9.47 Å². The zero-order chi connectivity index (χ0) is 57.0. The average molecular weight is 1030 g/mol. The van der Waals surface area contributed by atoms with Gasteiger partial charge in [-0.25, -0.2) is 0 Å². The Morgan fingerprint density at radius 1 is 0.618 bits per heavy atom. The molecule has 0 aromatic heterocycles. The van der Waals surface area contributed by atoms with Crippen molar-refractivity contribution in [3.63, 3.8) is 0 Å². The highest BCUT2D eigenvalue weighted by molar-refractivity contribution is 5.41. The molecule has 2 nitrogen and oxygen atoms in total. The molecular weight excluding hydrogens is 921 g/mol. The Kier molecular flexibility index (Phi) is 26.8. The first-order chi connectivity index (χ1) is 35.5. The molecule has 0 aromatic rings. The summed E-state index contributed by atoms with van der Waals surface area (Å²) in [4.78, 5) is 0. The Balaban J connectivity index is 1.74. The Morgan fingerprint density at radius 3 is 1.66 bits per heavy atom. The Morgan fingerprint density at radius 2 is 1.12 bits per heavy atom. The smallest absolute Gasteiger partial charge is 0.192 e. The second-order valence-electron chi connectivity index (χ2n) is 26.0. The van der Waals surface area contributed by atoms with Crippen LogP contribution in [0.5, 0.6) is 0 Å². The minimum absolute atomic E-state index is 0.00814. The van der Waals surface area contributed by atoms with Crippen LogP contribution in [0.25, 0.3) is 0 Å². The molecule has 0 saturated carbocycles. The standard InChI is InChI=1S/C74H112O2/c1-53(2)60(10)42-44-63(13)62(12)41-38-57(7)35-27-37-70-73(22,50-48-65(15)64(14)45-43-61(11)54(3)4)76-74(75-70)52-51-72(20,21)69(67(74)17)47-40-59(9)34-26-32-56(6)30-24-23-29-55(5)31-25-33-58(8)39-46-68-66(16)36-28-49-71(68,18)19/h23-26,29-36,39-40,46-47,60-62,65,68,70H,1,3,13-14,27-28,37-38,41-45,48-52H2,2,4-12,15-22H3/b24-23+,31-25+,32-26+,46-39+,47-40+,55-29+,56-30+,57-35+,58-33+,59-34+. The first kappa shape index (κ1) is 66.0. The fourth-order valence-corrected chi connectivity index (χ4v) is 11.0. The van der Waals surface area contributed by atoms with Crippen molar-refractivity contribution in [1.82, 2.24) is 0 Å². The van der Waals surface area contributed by atoms with Crippen LogP contribution in [-0.2, 0) is 9.47 Å². The van der Waals surface area contributed by atoms with E-state index in [1.807, 2.05) is 0 Å². The zero-order valence-corrected chi connectivity index (χ0v) is 52.2. The Hall–Kier alpha value is -4.24. The summed E-state index contributed by atoms with van der Waals surface area (Å²) in [6.07, 6.45) is 50.5. The second kappa shape index (κ2) is 30.8. The molecule has 0 aromatic carbocycles. The normalized spacial score (nSPS) is 25.7. The van der Waals surface area contributed by atoms with Gasteiger partial charge in [-0.15, -0.1) is 0 Å². The van der Waals surface area contributed by atoms with Gasteiger partial charge in [0.1, 0.15) is 0 Å². The average Bonchev–Trinajstić information content (AvgIpc) is 3.64. The summed E-state index contributed by atoms with van der Waals surface area (Å²) in [5, 5.41) is 0. The van der Waals surface area contributed by atoms with Crippen molar-refractivity contribution in [2.75, 3.05) is 0 Å². The third-order valence-corrected chi connectivity index (χ3v) is 18.0. The van der Waals surface area contributed by atoms with Crippen LogP contribution in [0.4, 0.5) is 0 Å². The summed E-state index contributed by atoms with van der Waals surface area (Å²) in [7, 11) is 0. The highest BCUT2D eigenvalue weighted by Gasteiger charge is 2.57. The number of hydrogen-bond acceptors (Lipinski definition) is 2. The summed E-state index contributed by atoms with van der Waals surface area (Å²) >= 11 is 0. The van der Waals surface area contributed by atoms with Crippen molar-refractivity contribution >= 4 is 0 Å². The van der Waals surface area contributed by atoms with Gasteiger partial charge in [0.15, 0.2) is 5.79 Å². The van der Waals surface area contributed by atoms with Gasteiger partial charge in [0, 0.05) is 12.3 Å². The Labute approximate surface area is 470 Å². The largest absolute Gasteiger partial charge is 0.340 e. The van der Waals surface area contributed by atoms with Gasteiger partial charge in [0.25, 0.3) is 0 Å². The highest BCUT2D eigenvalue weighted by atomic mass is 16.8. The fraction of sp³-hybridized carbons (Fsp3) is 0.568. The molecule has 2 aliphatic carbocycles. The number of ether oxygens (including phenoxy) is 2. The molecule has 1 aliphatic heterocycles. The molecule has 3 rings (SSSR count). The lowest BCUT2D eigenvalue weighted by atomic mass is 9.68. The van der Waals surface area contributed by atoms with Crippen LogP contribution < -0.4 is 0 Å². The van der Waals surface area contributed by atoms with Crippen molar-refractivity contribution in [1.29, 1.82) is 0 Å². The van der Waals surface area contributed by atoms with Crippen LogP contribution in [0.1, 0.15) is 215 Å². The van der Waals surface area contributed by atoms with E-state index in [1.54, 1.807) is 0 Å². The molecular formula is C74H112O2. The minimum atomic E-state index is -0.740. The van der Waals surface area contributed by atoms with Gasteiger partial charge >= 0.3 is 0 Å². The maximum absolute atomic E-state index is 7.47. The summed E-state index contributed by atoms with van der Waals surface area (Å²) in [5.41, 5.74) is 15.5. The summed E-state index contributed by atoms with van der Waals surface area (Å²) in [6, 6.07) is 0. The van der Waals surface area contributed by atoms with Gasteiger partial charge in [-0.1, -0.05) is 235 Å². The lowest BCUT2D eigenvalue weighted by Crippen LogP contribution is -2.42. The third kappa shape index (κ3) is 21.2. The van der Waals surface area contributed by atoms with Crippen molar-refractivity contribution in [2.24, 2.45) is 40.4 Å². The minimum Gasteiger partial charge on any atom is -0.340 e. The highest BCUT2D eigenvalue weighted by Crippen LogP contribution is 2.55. The molecule has 1 saturated heterocycles. The van der Waals surface area contributed by atoms with E-state index in [2.05, 4.69) is 248 Å². The SMILES string of the molecule is C=C(C)C(C)CCC(=C)C(C)CC/C(C)=C/CCC1OC2(CCC(C)(C)C(/C=C/C(C)=C/C=C/C(C)=C/C=C/C=C(C)/C=C/C=C(C)/C=C/C3C(C)=CCCC3(C)C)=C2C)OC1(C)CCC(C)C(=C)CCC(C)C(=C)C. The molecule has 420 valence electrons. The van der Waals surface area contributed by atoms with Gasteiger partial charge in [-0.05, 0) is 198 Å².